The Morgan fingerprint density at radius 1 is 1.33 bits per heavy atom. The summed E-state index contributed by atoms with van der Waals surface area (Å²) in [5.74, 6) is 0.978. The minimum absolute atomic E-state index is 0. The highest BCUT2D eigenvalue weighted by Gasteiger charge is 2.41. The lowest BCUT2D eigenvalue weighted by molar-refractivity contribution is 0.0522. The summed E-state index contributed by atoms with van der Waals surface area (Å²) in [7, 11) is 1.90. The first-order valence-corrected chi connectivity index (χ1v) is 7.98. The average molecular weight is 356 g/mol. The van der Waals surface area contributed by atoms with Gasteiger partial charge in [-0.2, -0.15) is 4.98 Å². The molecule has 0 aliphatic carbocycles. The van der Waals surface area contributed by atoms with E-state index in [4.69, 9.17) is 9.26 Å². The van der Waals surface area contributed by atoms with Crippen molar-refractivity contribution in [2.24, 2.45) is 0 Å². The average Bonchev–Trinajstić information content (AvgIpc) is 3.04. The molecule has 0 radical (unpaired) electrons. The molecule has 5 nitrogen and oxygen atoms in total. The van der Waals surface area contributed by atoms with Gasteiger partial charge in [0.25, 0.3) is 0 Å². The molecule has 2 aromatic rings. The number of nitrogens with one attached hydrogen (secondary N) is 1. The summed E-state index contributed by atoms with van der Waals surface area (Å²) >= 11 is 0. The van der Waals surface area contributed by atoms with Crippen LogP contribution in [0.25, 0.3) is 0 Å². The van der Waals surface area contributed by atoms with E-state index in [2.05, 4.69) is 22.4 Å². The zero-order valence-electron chi connectivity index (χ0n) is 13.9. The van der Waals surface area contributed by atoms with Gasteiger partial charge < -0.3 is 14.6 Å². The molecule has 0 bridgehead atoms. The van der Waals surface area contributed by atoms with Crippen molar-refractivity contribution in [3.8, 4) is 0 Å². The van der Waals surface area contributed by atoms with Crippen molar-refractivity contribution in [1.29, 1.82) is 0 Å². The molecule has 0 amide bonds. The van der Waals surface area contributed by atoms with E-state index in [1.165, 1.54) is 6.07 Å². The molecule has 1 aliphatic rings. The number of nitrogens with zero attached hydrogens (tertiary/aromatic N) is 2. The van der Waals surface area contributed by atoms with Crippen molar-refractivity contribution in [3.63, 3.8) is 0 Å². The number of likely N-dealkylation sites (N-methyl/N-ethyl adjacent to an activating group) is 1. The van der Waals surface area contributed by atoms with Crippen LogP contribution >= 0.6 is 12.4 Å². The van der Waals surface area contributed by atoms with Crippen LogP contribution in [-0.2, 0) is 16.6 Å². The molecule has 1 aliphatic heterocycles. The molecule has 1 N–H and O–H groups in total. The van der Waals surface area contributed by atoms with Crippen LogP contribution in [0.1, 0.15) is 37.0 Å². The summed E-state index contributed by atoms with van der Waals surface area (Å²) in [6, 6.07) is 6.92. The van der Waals surface area contributed by atoms with E-state index >= 15 is 0 Å². The van der Waals surface area contributed by atoms with E-state index in [1.807, 2.05) is 13.1 Å². The molecule has 0 saturated carbocycles. The molecular formula is C17H23ClFN3O2. The van der Waals surface area contributed by atoms with E-state index in [9.17, 15) is 4.39 Å². The Kier molecular flexibility index (Phi) is 6.32. The predicted octanol–water partition coefficient (Wildman–Crippen LogP) is 2.88. The maximum Gasteiger partial charge on any atom is 0.237 e. The van der Waals surface area contributed by atoms with Crippen molar-refractivity contribution < 1.29 is 13.7 Å². The second-order valence-corrected chi connectivity index (χ2v) is 6.11. The van der Waals surface area contributed by atoms with Gasteiger partial charge in [-0.1, -0.05) is 17.3 Å². The zero-order chi connectivity index (χ0) is 16.3. The van der Waals surface area contributed by atoms with Crippen LogP contribution in [0.2, 0.25) is 0 Å². The van der Waals surface area contributed by atoms with E-state index in [0.717, 1.165) is 5.56 Å². The molecule has 1 aromatic carbocycles. The van der Waals surface area contributed by atoms with Crippen molar-refractivity contribution in [3.05, 3.63) is 47.4 Å². The molecule has 1 atom stereocenters. The molecule has 1 fully saturated rings. The number of hydrogen-bond acceptors (Lipinski definition) is 5. The third-order valence-electron chi connectivity index (χ3n) is 4.58. The Hall–Kier alpha value is -1.50. The molecule has 0 spiro atoms. The van der Waals surface area contributed by atoms with Gasteiger partial charge in [0.05, 0.1) is 5.41 Å². The fourth-order valence-electron chi connectivity index (χ4n) is 3.04. The standard InChI is InChI=1S/C17H22FN3O2.ClH/c1-12(19-2)10-15-20-16(23-21-15)17(6-8-22-9-7-17)13-4-3-5-14(18)11-13;/h3-5,11-12,19H,6-10H2,1-2H3;1H. The van der Waals surface area contributed by atoms with Gasteiger partial charge in [0, 0.05) is 25.7 Å². The second kappa shape index (κ2) is 8.05. The SMILES string of the molecule is CNC(C)Cc1noc(C2(c3cccc(F)c3)CCOCC2)n1.Cl. The first-order valence-electron chi connectivity index (χ1n) is 7.98. The highest BCUT2D eigenvalue weighted by Crippen LogP contribution is 2.40. The first kappa shape index (κ1) is 18.8. The summed E-state index contributed by atoms with van der Waals surface area (Å²) in [6.45, 7) is 3.26. The maximum absolute atomic E-state index is 13.7. The summed E-state index contributed by atoms with van der Waals surface area (Å²) < 4.78 is 24.8. The molecule has 132 valence electrons. The lowest BCUT2D eigenvalue weighted by Crippen LogP contribution is -2.35. The van der Waals surface area contributed by atoms with Gasteiger partial charge >= 0.3 is 0 Å². The van der Waals surface area contributed by atoms with Gasteiger partial charge in [-0.3, -0.25) is 0 Å². The van der Waals surface area contributed by atoms with Gasteiger partial charge in [-0.15, -0.1) is 12.4 Å². The molecule has 7 heteroatoms. The van der Waals surface area contributed by atoms with Crippen LogP contribution in [0.3, 0.4) is 0 Å². The molecule has 1 unspecified atom stereocenters. The maximum atomic E-state index is 13.7. The van der Waals surface area contributed by atoms with Crippen molar-refractivity contribution in [2.45, 2.75) is 37.6 Å². The third-order valence-corrected chi connectivity index (χ3v) is 4.58. The summed E-state index contributed by atoms with van der Waals surface area (Å²) in [4.78, 5) is 4.60. The number of benzene rings is 1. The highest BCUT2D eigenvalue weighted by molar-refractivity contribution is 5.85. The van der Waals surface area contributed by atoms with Gasteiger partial charge in [0.2, 0.25) is 5.89 Å². The number of ether oxygens (including phenoxy) is 1. The van der Waals surface area contributed by atoms with Crippen molar-refractivity contribution in [2.75, 3.05) is 20.3 Å². The Morgan fingerprint density at radius 3 is 2.75 bits per heavy atom. The summed E-state index contributed by atoms with van der Waals surface area (Å²) in [5.41, 5.74) is 0.409. The first-order chi connectivity index (χ1) is 11.1. The summed E-state index contributed by atoms with van der Waals surface area (Å²) in [6.07, 6.45) is 2.11. The lowest BCUT2D eigenvalue weighted by atomic mass is 9.74. The topological polar surface area (TPSA) is 60.2 Å². The van der Waals surface area contributed by atoms with Crippen LogP contribution < -0.4 is 5.32 Å². The fraction of sp³-hybridized carbons (Fsp3) is 0.529. The quantitative estimate of drug-likeness (QED) is 0.893. The Balaban J connectivity index is 0.00000208. The Bertz CT molecular complexity index is 659. The Morgan fingerprint density at radius 2 is 2.08 bits per heavy atom. The van der Waals surface area contributed by atoms with Gasteiger partial charge in [0.15, 0.2) is 5.82 Å². The Labute approximate surface area is 147 Å². The minimum Gasteiger partial charge on any atom is -0.381 e. The predicted molar refractivity (Wildman–Crippen MR) is 91.0 cm³/mol. The van der Waals surface area contributed by atoms with E-state index in [-0.39, 0.29) is 24.3 Å². The summed E-state index contributed by atoms with van der Waals surface area (Å²) in [5, 5.41) is 7.27. The van der Waals surface area contributed by atoms with E-state index in [0.29, 0.717) is 44.2 Å². The van der Waals surface area contributed by atoms with Crippen LogP contribution in [0.5, 0.6) is 0 Å². The van der Waals surface area contributed by atoms with Crippen molar-refractivity contribution in [1.82, 2.24) is 15.5 Å². The number of aromatic nitrogens is 2. The zero-order valence-corrected chi connectivity index (χ0v) is 14.7. The minimum atomic E-state index is -0.464. The lowest BCUT2D eigenvalue weighted by Gasteiger charge is -2.34. The number of rotatable bonds is 5. The van der Waals surface area contributed by atoms with Crippen LogP contribution in [0.15, 0.2) is 28.8 Å². The molecule has 2 heterocycles. The molecule has 3 rings (SSSR count). The smallest absolute Gasteiger partial charge is 0.237 e. The second-order valence-electron chi connectivity index (χ2n) is 6.11. The van der Waals surface area contributed by atoms with Crippen LogP contribution in [0.4, 0.5) is 4.39 Å². The van der Waals surface area contributed by atoms with Gasteiger partial charge in [-0.05, 0) is 44.5 Å². The van der Waals surface area contributed by atoms with Gasteiger partial charge in [0.1, 0.15) is 5.82 Å². The molecular weight excluding hydrogens is 333 g/mol. The normalized spacial score (nSPS) is 18.0. The number of hydrogen-bond donors (Lipinski definition) is 1. The van der Waals surface area contributed by atoms with Gasteiger partial charge in [-0.25, -0.2) is 4.39 Å². The molecule has 1 saturated heterocycles. The van der Waals surface area contributed by atoms with E-state index in [1.54, 1.807) is 12.1 Å². The molecule has 24 heavy (non-hydrogen) atoms. The molecule has 1 aromatic heterocycles. The van der Waals surface area contributed by atoms with Crippen LogP contribution in [-0.4, -0.2) is 36.4 Å². The number of halogens is 2. The van der Waals surface area contributed by atoms with Crippen molar-refractivity contribution >= 4 is 12.4 Å². The largest absolute Gasteiger partial charge is 0.381 e. The fourth-order valence-corrected chi connectivity index (χ4v) is 3.04. The van der Waals surface area contributed by atoms with Crippen LogP contribution in [0, 0.1) is 5.82 Å². The monoisotopic (exact) mass is 355 g/mol. The third kappa shape index (κ3) is 3.77. The highest BCUT2D eigenvalue weighted by atomic mass is 35.5. The van der Waals surface area contributed by atoms with E-state index < -0.39 is 5.41 Å².